The fourth-order valence-corrected chi connectivity index (χ4v) is 4.14. The zero-order chi connectivity index (χ0) is 12.8. The summed E-state index contributed by atoms with van der Waals surface area (Å²) in [5.74, 6) is 1.26. The van der Waals surface area contributed by atoms with Crippen molar-refractivity contribution in [1.82, 2.24) is 10.2 Å². The van der Waals surface area contributed by atoms with Crippen molar-refractivity contribution in [2.45, 2.75) is 50.5 Å². The first-order chi connectivity index (χ1) is 8.81. The molecule has 0 aromatic carbocycles. The number of hydrogen-bond acceptors (Lipinski definition) is 4. The van der Waals surface area contributed by atoms with Crippen LogP contribution in [0, 0.1) is 0 Å². The average Bonchev–Trinajstić information content (AvgIpc) is 2.85. The third-order valence-electron chi connectivity index (χ3n) is 4.09. The molecule has 1 N–H and O–H groups in total. The van der Waals surface area contributed by atoms with Gasteiger partial charge in [0, 0.05) is 30.9 Å². The molecule has 1 aliphatic heterocycles. The first-order valence-electron chi connectivity index (χ1n) is 7.50. The van der Waals surface area contributed by atoms with E-state index in [1.54, 1.807) is 0 Å². The van der Waals surface area contributed by atoms with Gasteiger partial charge in [0.2, 0.25) is 0 Å². The predicted octanol–water partition coefficient (Wildman–Crippen LogP) is 1.97. The zero-order valence-electron chi connectivity index (χ0n) is 11.9. The van der Waals surface area contributed by atoms with Crippen LogP contribution < -0.4 is 5.32 Å². The molecule has 106 valence electrons. The van der Waals surface area contributed by atoms with Crippen LogP contribution in [0.4, 0.5) is 0 Å². The van der Waals surface area contributed by atoms with E-state index in [1.165, 1.54) is 25.0 Å². The van der Waals surface area contributed by atoms with Gasteiger partial charge >= 0.3 is 0 Å². The number of hydrogen-bond donors (Lipinski definition) is 1. The number of nitrogens with zero attached hydrogens (tertiary/aromatic N) is 1. The van der Waals surface area contributed by atoms with Crippen molar-refractivity contribution >= 4 is 11.8 Å². The Hall–Kier alpha value is 0.230. The summed E-state index contributed by atoms with van der Waals surface area (Å²) in [5, 5.41) is 4.61. The van der Waals surface area contributed by atoms with Crippen molar-refractivity contribution in [2.24, 2.45) is 0 Å². The molecule has 3 nitrogen and oxygen atoms in total. The van der Waals surface area contributed by atoms with Gasteiger partial charge in [-0.1, -0.05) is 13.8 Å². The SMILES string of the molecule is CCSC1CCC(NCC2CN(CC)CCO2)C1. The first kappa shape index (κ1) is 14.6. The van der Waals surface area contributed by atoms with Crippen LogP contribution in [0.3, 0.4) is 0 Å². The lowest BCUT2D eigenvalue weighted by Crippen LogP contribution is -2.47. The lowest BCUT2D eigenvalue weighted by molar-refractivity contribution is -0.0262. The summed E-state index contributed by atoms with van der Waals surface area (Å²) in [6.45, 7) is 9.79. The quantitative estimate of drug-likeness (QED) is 0.799. The molecule has 18 heavy (non-hydrogen) atoms. The Morgan fingerprint density at radius 3 is 3.00 bits per heavy atom. The summed E-state index contributed by atoms with van der Waals surface area (Å²) in [6, 6.07) is 0.731. The molecule has 0 radical (unpaired) electrons. The van der Waals surface area contributed by atoms with Crippen LogP contribution in [0.25, 0.3) is 0 Å². The fourth-order valence-electron chi connectivity index (χ4n) is 3.00. The highest BCUT2D eigenvalue weighted by Gasteiger charge is 2.26. The van der Waals surface area contributed by atoms with Gasteiger partial charge in [0.05, 0.1) is 12.7 Å². The van der Waals surface area contributed by atoms with Gasteiger partial charge in [-0.15, -0.1) is 0 Å². The number of likely N-dealkylation sites (N-methyl/N-ethyl adjacent to an activating group) is 1. The van der Waals surface area contributed by atoms with Crippen molar-refractivity contribution in [2.75, 3.05) is 38.5 Å². The molecule has 1 aliphatic carbocycles. The Balaban J connectivity index is 1.63. The fraction of sp³-hybridized carbons (Fsp3) is 1.00. The van der Waals surface area contributed by atoms with Gasteiger partial charge in [0.25, 0.3) is 0 Å². The van der Waals surface area contributed by atoms with Gasteiger partial charge in [-0.25, -0.2) is 0 Å². The molecule has 1 saturated heterocycles. The molecule has 0 bridgehead atoms. The number of thioether (sulfide) groups is 1. The van der Waals surface area contributed by atoms with E-state index in [4.69, 9.17) is 4.74 Å². The third kappa shape index (κ3) is 4.41. The van der Waals surface area contributed by atoms with E-state index in [9.17, 15) is 0 Å². The van der Waals surface area contributed by atoms with E-state index in [-0.39, 0.29) is 0 Å². The van der Waals surface area contributed by atoms with E-state index in [1.807, 2.05) is 0 Å². The molecule has 1 saturated carbocycles. The molecular weight excluding hydrogens is 244 g/mol. The maximum atomic E-state index is 5.83. The Morgan fingerprint density at radius 1 is 1.33 bits per heavy atom. The number of morpholine rings is 1. The largest absolute Gasteiger partial charge is 0.374 e. The van der Waals surface area contributed by atoms with Gasteiger partial charge < -0.3 is 10.1 Å². The van der Waals surface area contributed by atoms with E-state index in [2.05, 4.69) is 35.8 Å². The topological polar surface area (TPSA) is 24.5 Å². The third-order valence-corrected chi connectivity index (χ3v) is 5.32. The molecule has 0 spiro atoms. The van der Waals surface area contributed by atoms with Crippen molar-refractivity contribution in [3.8, 4) is 0 Å². The molecular formula is C14H28N2OS. The second kappa shape index (κ2) is 7.73. The first-order valence-corrected chi connectivity index (χ1v) is 8.55. The van der Waals surface area contributed by atoms with Crippen LogP contribution in [0.5, 0.6) is 0 Å². The lowest BCUT2D eigenvalue weighted by atomic mass is 10.2. The second-order valence-corrected chi connectivity index (χ2v) is 6.96. The van der Waals surface area contributed by atoms with Crippen LogP contribution in [-0.2, 0) is 4.74 Å². The Labute approximate surface area is 116 Å². The van der Waals surface area contributed by atoms with Gasteiger partial charge in [0.15, 0.2) is 0 Å². The molecule has 4 heteroatoms. The maximum Gasteiger partial charge on any atom is 0.0826 e. The van der Waals surface area contributed by atoms with Crippen LogP contribution in [-0.4, -0.2) is 60.8 Å². The second-order valence-electron chi connectivity index (χ2n) is 5.38. The summed E-state index contributed by atoms with van der Waals surface area (Å²) in [6.07, 6.45) is 4.49. The molecule has 2 fully saturated rings. The standard InChI is InChI=1S/C14H28N2OS/c1-3-16-7-8-17-13(11-16)10-15-12-5-6-14(9-12)18-4-2/h12-15H,3-11H2,1-2H3. The van der Waals surface area contributed by atoms with Crippen LogP contribution in [0.15, 0.2) is 0 Å². The van der Waals surface area contributed by atoms with Crippen LogP contribution in [0.1, 0.15) is 33.1 Å². The lowest BCUT2D eigenvalue weighted by Gasteiger charge is -2.32. The van der Waals surface area contributed by atoms with Gasteiger partial charge in [-0.2, -0.15) is 11.8 Å². The summed E-state index contributed by atoms with van der Waals surface area (Å²) < 4.78 is 5.83. The van der Waals surface area contributed by atoms with Gasteiger partial charge in [0.1, 0.15) is 0 Å². The summed E-state index contributed by atoms with van der Waals surface area (Å²) >= 11 is 2.13. The summed E-state index contributed by atoms with van der Waals surface area (Å²) in [5.41, 5.74) is 0. The molecule has 1 heterocycles. The molecule has 0 amide bonds. The maximum absolute atomic E-state index is 5.83. The van der Waals surface area contributed by atoms with Gasteiger partial charge in [-0.05, 0) is 31.6 Å². The van der Waals surface area contributed by atoms with Gasteiger partial charge in [-0.3, -0.25) is 4.90 Å². The van der Waals surface area contributed by atoms with Crippen molar-refractivity contribution in [3.63, 3.8) is 0 Å². The van der Waals surface area contributed by atoms with Crippen LogP contribution >= 0.6 is 11.8 Å². The molecule has 0 aromatic heterocycles. The van der Waals surface area contributed by atoms with E-state index in [0.29, 0.717) is 6.10 Å². The highest BCUT2D eigenvalue weighted by molar-refractivity contribution is 7.99. The number of rotatable bonds is 6. The normalized spacial score (nSPS) is 34.0. The van der Waals surface area contributed by atoms with Crippen LogP contribution in [0.2, 0.25) is 0 Å². The predicted molar refractivity (Wildman–Crippen MR) is 79.4 cm³/mol. The van der Waals surface area contributed by atoms with Crippen molar-refractivity contribution in [1.29, 1.82) is 0 Å². The highest BCUT2D eigenvalue weighted by atomic mass is 32.2. The number of nitrogens with one attached hydrogen (secondary N) is 1. The minimum Gasteiger partial charge on any atom is -0.374 e. The van der Waals surface area contributed by atoms with E-state index >= 15 is 0 Å². The zero-order valence-corrected chi connectivity index (χ0v) is 12.7. The highest BCUT2D eigenvalue weighted by Crippen LogP contribution is 2.29. The summed E-state index contributed by atoms with van der Waals surface area (Å²) in [4.78, 5) is 2.49. The molecule has 0 aromatic rings. The molecule has 2 aliphatic rings. The van der Waals surface area contributed by atoms with E-state index < -0.39 is 0 Å². The average molecular weight is 272 g/mol. The van der Waals surface area contributed by atoms with E-state index in [0.717, 1.165) is 44.1 Å². The van der Waals surface area contributed by atoms with Crippen molar-refractivity contribution in [3.05, 3.63) is 0 Å². The Bertz CT molecular complexity index is 240. The Morgan fingerprint density at radius 2 is 2.22 bits per heavy atom. The minimum absolute atomic E-state index is 0.400. The number of ether oxygens (including phenoxy) is 1. The summed E-state index contributed by atoms with van der Waals surface area (Å²) in [7, 11) is 0. The molecule has 3 unspecified atom stereocenters. The molecule has 2 rings (SSSR count). The monoisotopic (exact) mass is 272 g/mol. The Kier molecular flexibility index (Phi) is 6.29. The molecule has 3 atom stereocenters. The minimum atomic E-state index is 0.400. The van der Waals surface area contributed by atoms with Crippen molar-refractivity contribution < 1.29 is 4.74 Å². The smallest absolute Gasteiger partial charge is 0.0826 e.